The molecule has 0 atom stereocenters. The summed E-state index contributed by atoms with van der Waals surface area (Å²) >= 11 is 0. The van der Waals surface area contributed by atoms with E-state index in [1.807, 2.05) is 6.92 Å². The van der Waals surface area contributed by atoms with E-state index in [4.69, 9.17) is 0 Å². The molecule has 0 rings (SSSR count). The van der Waals surface area contributed by atoms with Crippen molar-refractivity contribution in [1.82, 2.24) is 0 Å². The van der Waals surface area contributed by atoms with Gasteiger partial charge in [-0.1, -0.05) is 6.92 Å². The summed E-state index contributed by atoms with van der Waals surface area (Å²) in [6, 6.07) is 0. The third kappa shape index (κ3) is 4.42. The summed E-state index contributed by atoms with van der Waals surface area (Å²) < 4.78 is 25.4. The molecule has 1 radical (unpaired) electrons. The lowest BCUT2D eigenvalue weighted by atomic mass is 10.5. The molecule has 0 bridgehead atoms. The summed E-state index contributed by atoms with van der Waals surface area (Å²) in [5.74, 6) is -0.188. The Morgan fingerprint density at radius 3 is 2.44 bits per heavy atom. The largest absolute Gasteiger partial charge is 0.270 e. The van der Waals surface area contributed by atoms with Crippen LogP contribution < -0.4 is 0 Å². The normalized spacial score (nSPS) is 11.8. The van der Waals surface area contributed by atoms with E-state index in [2.05, 4.69) is 11.1 Å². The van der Waals surface area contributed by atoms with E-state index in [1.165, 1.54) is 0 Å². The molecule has 0 aromatic heterocycles. The highest BCUT2D eigenvalue weighted by atomic mass is 32.2. The van der Waals surface area contributed by atoms with E-state index >= 15 is 0 Å². The lowest BCUT2D eigenvalue weighted by molar-refractivity contribution is 0.319. The topological polar surface area (TPSA) is 43.4 Å². The van der Waals surface area contributed by atoms with Crippen LogP contribution in [-0.2, 0) is 14.3 Å². The van der Waals surface area contributed by atoms with Crippen LogP contribution in [0.15, 0.2) is 0 Å². The van der Waals surface area contributed by atoms with Crippen LogP contribution >= 0.6 is 0 Å². The van der Waals surface area contributed by atoms with Gasteiger partial charge < -0.3 is 0 Å². The Balaban J connectivity index is 3.61. The fourth-order valence-electron chi connectivity index (χ4n) is 0.269. The molecule has 0 N–H and O–H groups in total. The molecule has 0 aliphatic heterocycles. The molecule has 0 saturated carbocycles. The van der Waals surface area contributed by atoms with Gasteiger partial charge in [-0.05, 0) is 13.3 Å². The fourth-order valence-corrected chi connectivity index (χ4v) is 0.808. The maximum absolute atomic E-state index is 10.5. The van der Waals surface area contributed by atoms with Gasteiger partial charge in [0.2, 0.25) is 0 Å². The molecule has 3 nitrogen and oxygen atoms in total. The molecule has 0 heterocycles. The van der Waals surface area contributed by atoms with Crippen LogP contribution in [0.25, 0.3) is 0 Å². The Hall–Kier alpha value is -0.0900. The van der Waals surface area contributed by atoms with Gasteiger partial charge in [0, 0.05) is 0 Å². The van der Waals surface area contributed by atoms with E-state index < -0.39 is 10.1 Å². The van der Waals surface area contributed by atoms with Crippen molar-refractivity contribution in [3.8, 4) is 0 Å². The van der Waals surface area contributed by atoms with Gasteiger partial charge in [-0.25, -0.2) is 0 Å². The minimum absolute atomic E-state index is 0.188. The summed E-state index contributed by atoms with van der Waals surface area (Å²) in [6.45, 7) is 5.30. The van der Waals surface area contributed by atoms with E-state index in [1.54, 1.807) is 0 Å². The van der Waals surface area contributed by atoms with Gasteiger partial charge in [0.1, 0.15) is 0 Å². The van der Waals surface area contributed by atoms with Crippen LogP contribution in [0.4, 0.5) is 0 Å². The van der Waals surface area contributed by atoms with Crippen molar-refractivity contribution in [2.24, 2.45) is 0 Å². The Labute approximate surface area is 56.1 Å². The van der Waals surface area contributed by atoms with Crippen molar-refractivity contribution < 1.29 is 12.6 Å². The second kappa shape index (κ2) is 3.85. The highest BCUT2D eigenvalue weighted by molar-refractivity contribution is 7.86. The molecular weight excluding hydrogens is 140 g/mol. The molecule has 0 unspecified atom stereocenters. The minimum atomic E-state index is -3.29. The summed E-state index contributed by atoms with van der Waals surface area (Å²) in [5, 5.41) is 0. The average Bonchev–Trinajstić information content (AvgIpc) is 1.84. The maximum Gasteiger partial charge on any atom is 0.267 e. The Bertz CT molecular complexity index is 148. The van der Waals surface area contributed by atoms with Gasteiger partial charge in [-0.2, -0.15) is 8.42 Å². The molecule has 0 aliphatic carbocycles. The Morgan fingerprint density at radius 2 is 2.11 bits per heavy atom. The summed E-state index contributed by atoms with van der Waals surface area (Å²) in [4.78, 5) is 0. The molecule has 0 aromatic carbocycles. The van der Waals surface area contributed by atoms with Gasteiger partial charge in [0.25, 0.3) is 10.1 Å². The zero-order valence-corrected chi connectivity index (χ0v) is 6.28. The molecule has 4 heteroatoms. The average molecular weight is 151 g/mol. The van der Waals surface area contributed by atoms with Crippen LogP contribution in [0.3, 0.4) is 0 Å². The summed E-state index contributed by atoms with van der Waals surface area (Å²) in [5.41, 5.74) is 0. The van der Waals surface area contributed by atoms with Gasteiger partial charge in [-0.15, -0.1) is 0 Å². The highest BCUT2D eigenvalue weighted by Gasteiger charge is 2.04. The predicted molar refractivity (Wildman–Crippen MR) is 35.4 cm³/mol. The second-order valence-corrected chi connectivity index (χ2v) is 3.34. The molecule has 0 saturated heterocycles. The third-order valence-corrected chi connectivity index (χ3v) is 1.74. The van der Waals surface area contributed by atoms with Crippen LogP contribution in [0, 0.1) is 6.92 Å². The first kappa shape index (κ1) is 8.91. The van der Waals surface area contributed by atoms with Crippen molar-refractivity contribution in [1.29, 1.82) is 0 Å². The van der Waals surface area contributed by atoms with Crippen molar-refractivity contribution in [3.05, 3.63) is 6.92 Å². The predicted octanol–water partition coefficient (Wildman–Crippen LogP) is 0.577. The third-order valence-electron chi connectivity index (χ3n) is 0.717. The van der Waals surface area contributed by atoms with E-state index in [0.29, 0.717) is 6.42 Å². The monoisotopic (exact) mass is 151 g/mol. The van der Waals surface area contributed by atoms with E-state index in [-0.39, 0.29) is 12.4 Å². The van der Waals surface area contributed by atoms with E-state index in [9.17, 15) is 8.42 Å². The quantitative estimate of drug-likeness (QED) is 0.552. The molecule has 9 heavy (non-hydrogen) atoms. The van der Waals surface area contributed by atoms with Crippen LogP contribution in [0.1, 0.15) is 13.3 Å². The van der Waals surface area contributed by atoms with Gasteiger partial charge in [0.15, 0.2) is 0 Å². The molecule has 0 aliphatic rings. The first-order valence-electron chi connectivity index (χ1n) is 2.78. The van der Waals surface area contributed by atoms with Crippen molar-refractivity contribution >= 4 is 10.1 Å². The molecule has 0 spiro atoms. The van der Waals surface area contributed by atoms with Gasteiger partial charge in [0.05, 0.1) is 12.4 Å². The van der Waals surface area contributed by atoms with Crippen molar-refractivity contribution in [2.75, 3.05) is 12.4 Å². The molecular formula is C5H11O3S. The lowest BCUT2D eigenvalue weighted by Crippen LogP contribution is -2.08. The van der Waals surface area contributed by atoms with Gasteiger partial charge >= 0.3 is 0 Å². The number of rotatable bonds is 4. The fraction of sp³-hybridized carbons (Fsp3) is 0.800. The maximum atomic E-state index is 10.5. The smallest absolute Gasteiger partial charge is 0.267 e. The van der Waals surface area contributed by atoms with E-state index in [0.717, 1.165) is 0 Å². The summed E-state index contributed by atoms with van der Waals surface area (Å²) in [6.07, 6.45) is 0.708. The number of hydrogen-bond donors (Lipinski definition) is 0. The van der Waals surface area contributed by atoms with Crippen LogP contribution in [0.2, 0.25) is 0 Å². The lowest BCUT2D eigenvalue weighted by Gasteiger charge is -1.98. The van der Waals surface area contributed by atoms with Crippen LogP contribution in [0.5, 0.6) is 0 Å². The Morgan fingerprint density at radius 1 is 1.56 bits per heavy atom. The molecule has 55 valence electrons. The minimum Gasteiger partial charge on any atom is -0.270 e. The molecule has 0 fully saturated rings. The molecule has 0 aromatic rings. The first-order valence-corrected chi connectivity index (χ1v) is 4.36. The number of hydrogen-bond acceptors (Lipinski definition) is 3. The van der Waals surface area contributed by atoms with Gasteiger partial charge in [-0.3, -0.25) is 4.18 Å². The Kier molecular flexibility index (Phi) is 3.81. The second-order valence-electron chi connectivity index (χ2n) is 1.58. The standard InChI is InChI=1S/C5H11O3S/c1-3-5-8-9(6,7)4-2/h2-5H2,1H3. The SMILES string of the molecule is [CH2]CS(=O)(=O)OCCC. The molecule has 0 amide bonds. The first-order chi connectivity index (χ1) is 4.12. The summed E-state index contributed by atoms with van der Waals surface area (Å²) in [7, 11) is -3.29. The zero-order valence-electron chi connectivity index (χ0n) is 5.46. The van der Waals surface area contributed by atoms with Crippen molar-refractivity contribution in [3.63, 3.8) is 0 Å². The highest BCUT2D eigenvalue weighted by Crippen LogP contribution is 1.92. The van der Waals surface area contributed by atoms with Crippen LogP contribution in [-0.4, -0.2) is 20.8 Å². The van der Waals surface area contributed by atoms with Crippen molar-refractivity contribution in [2.45, 2.75) is 13.3 Å². The zero-order chi connectivity index (χ0) is 7.33.